The molecule has 1 saturated heterocycles. The highest BCUT2D eigenvalue weighted by atomic mass is 16.4. The van der Waals surface area contributed by atoms with Crippen molar-refractivity contribution in [2.24, 2.45) is 5.73 Å². The maximum Gasteiger partial charge on any atom is 0.326 e. The lowest BCUT2D eigenvalue weighted by molar-refractivity contribution is -0.152. The number of hydrogen-bond donors (Lipinski definition) is 2. The number of amides is 1. The lowest BCUT2D eigenvalue weighted by atomic mass is 10.0. The van der Waals surface area contributed by atoms with Gasteiger partial charge in [-0.05, 0) is 25.7 Å². The zero-order valence-electron chi connectivity index (χ0n) is 9.69. The molecule has 0 radical (unpaired) electrons. The summed E-state index contributed by atoms with van der Waals surface area (Å²) in [6, 6.07) is -0.811. The summed E-state index contributed by atoms with van der Waals surface area (Å²) in [6.07, 6.45) is 3.30. The van der Waals surface area contributed by atoms with Crippen LogP contribution in [0.3, 0.4) is 0 Å². The van der Waals surface area contributed by atoms with Crippen LogP contribution in [0.1, 0.15) is 39.0 Å². The summed E-state index contributed by atoms with van der Waals surface area (Å²) in [7, 11) is 0. The smallest absolute Gasteiger partial charge is 0.326 e. The van der Waals surface area contributed by atoms with Crippen molar-refractivity contribution < 1.29 is 14.7 Å². The predicted molar refractivity (Wildman–Crippen MR) is 59.9 cm³/mol. The molecule has 92 valence electrons. The minimum atomic E-state index is -0.905. The van der Waals surface area contributed by atoms with Crippen molar-refractivity contribution in [2.75, 3.05) is 6.54 Å². The van der Waals surface area contributed by atoms with Gasteiger partial charge in [-0.3, -0.25) is 4.79 Å². The summed E-state index contributed by atoms with van der Waals surface area (Å²) < 4.78 is 0. The highest BCUT2D eigenvalue weighted by Gasteiger charge is 2.31. The largest absolute Gasteiger partial charge is 0.480 e. The quantitative estimate of drug-likeness (QED) is 0.737. The first-order valence-corrected chi connectivity index (χ1v) is 5.84. The molecule has 5 heteroatoms. The summed E-state index contributed by atoms with van der Waals surface area (Å²) in [6.45, 7) is 2.47. The normalized spacial score (nSPS) is 22.9. The molecule has 16 heavy (non-hydrogen) atoms. The number of carboxylic acid groups (broad SMARTS) is 1. The maximum atomic E-state index is 11.9. The van der Waals surface area contributed by atoms with Gasteiger partial charge in [0, 0.05) is 19.0 Å². The highest BCUT2D eigenvalue weighted by molar-refractivity contribution is 5.84. The minimum Gasteiger partial charge on any atom is -0.480 e. The van der Waals surface area contributed by atoms with E-state index in [0.717, 1.165) is 19.3 Å². The standard InChI is InChI=1S/C11H20N2O3/c1-2-8(12)7-10(14)13-6-4-3-5-9(13)11(15)16/h8-9H,2-7,12H2,1H3,(H,15,16)/t8?,9-/m0/s1. The zero-order valence-corrected chi connectivity index (χ0v) is 9.69. The van der Waals surface area contributed by atoms with Crippen LogP contribution < -0.4 is 5.73 Å². The fourth-order valence-corrected chi connectivity index (χ4v) is 1.97. The fourth-order valence-electron chi connectivity index (χ4n) is 1.97. The van der Waals surface area contributed by atoms with E-state index in [-0.39, 0.29) is 18.4 Å². The number of carbonyl (C=O) groups is 2. The van der Waals surface area contributed by atoms with Gasteiger partial charge in [-0.2, -0.15) is 0 Å². The first kappa shape index (κ1) is 13.0. The third-order valence-electron chi connectivity index (χ3n) is 3.07. The van der Waals surface area contributed by atoms with E-state index in [2.05, 4.69) is 0 Å². The van der Waals surface area contributed by atoms with E-state index in [1.807, 2.05) is 6.92 Å². The third kappa shape index (κ3) is 3.20. The van der Waals surface area contributed by atoms with Crippen LogP contribution >= 0.6 is 0 Å². The van der Waals surface area contributed by atoms with Crippen molar-refractivity contribution in [3.8, 4) is 0 Å². The van der Waals surface area contributed by atoms with Gasteiger partial charge in [0.25, 0.3) is 0 Å². The molecule has 0 aliphatic carbocycles. The van der Waals surface area contributed by atoms with Gasteiger partial charge >= 0.3 is 5.97 Å². The SMILES string of the molecule is CCC(N)CC(=O)N1CCCC[C@H]1C(=O)O. The Kier molecular flexibility index (Phi) is 4.73. The molecule has 1 aliphatic heterocycles. The van der Waals surface area contributed by atoms with Gasteiger partial charge in [0.05, 0.1) is 0 Å². The van der Waals surface area contributed by atoms with E-state index in [1.54, 1.807) is 0 Å². The van der Waals surface area contributed by atoms with Crippen LogP contribution in [0.25, 0.3) is 0 Å². The Morgan fingerprint density at radius 3 is 2.75 bits per heavy atom. The second-order valence-electron chi connectivity index (χ2n) is 4.31. The van der Waals surface area contributed by atoms with Crippen molar-refractivity contribution in [3.63, 3.8) is 0 Å². The summed E-state index contributed by atoms with van der Waals surface area (Å²) in [5.41, 5.74) is 5.71. The maximum absolute atomic E-state index is 11.9. The van der Waals surface area contributed by atoms with Gasteiger partial charge in [-0.25, -0.2) is 4.79 Å². The number of hydrogen-bond acceptors (Lipinski definition) is 3. The number of nitrogens with zero attached hydrogens (tertiary/aromatic N) is 1. The van der Waals surface area contributed by atoms with Crippen LogP contribution in [0.2, 0.25) is 0 Å². The van der Waals surface area contributed by atoms with E-state index in [1.165, 1.54) is 4.90 Å². The fraction of sp³-hybridized carbons (Fsp3) is 0.818. The monoisotopic (exact) mass is 228 g/mol. The minimum absolute atomic E-state index is 0.124. The lowest BCUT2D eigenvalue weighted by Gasteiger charge is -2.33. The number of piperidine rings is 1. The molecule has 0 bridgehead atoms. The van der Waals surface area contributed by atoms with Crippen LogP contribution in [0, 0.1) is 0 Å². The Bertz CT molecular complexity index is 268. The highest BCUT2D eigenvalue weighted by Crippen LogP contribution is 2.18. The molecule has 2 atom stereocenters. The molecule has 1 rings (SSSR count). The zero-order chi connectivity index (χ0) is 12.1. The summed E-state index contributed by atoms with van der Waals surface area (Å²) >= 11 is 0. The third-order valence-corrected chi connectivity index (χ3v) is 3.07. The molecule has 0 aromatic heterocycles. The number of carbonyl (C=O) groups excluding carboxylic acids is 1. The Balaban J connectivity index is 2.60. The van der Waals surface area contributed by atoms with Crippen molar-refractivity contribution in [1.82, 2.24) is 4.90 Å². The molecule has 0 saturated carbocycles. The van der Waals surface area contributed by atoms with E-state index >= 15 is 0 Å². The molecule has 0 spiro atoms. The van der Waals surface area contributed by atoms with Crippen LogP contribution in [-0.2, 0) is 9.59 Å². The molecule has 0 aromatic rings. The van der Waals surface area contributed by atoms with Crippen molar-refractivity contribution >= 4 is 11.9 Å². The Morgan fingerprint density at radius 2 is 2.19 bits per heavy atom. The van der Waals surface area contributed by atoms with Gasteiger partial charge < -0.3 is 15.7 Å². The lowest BCUT2D eigenvalue weighted by Crippen LogP contribution is -2.49. The van der Waals surface area contributed by atoms with Gasteiger partial charge in [0.2, 0.25) is 5.91 Å². The second-order valence-corrected chi connectivity index (χ2v) is 4.31. The van der Waals surface area contributed by atoms with Gasteiger partial charge in [-0.15, -0.1) is 0 Å². The number of likely N-dealkylation sites (tertiary alicyclic amines) is 1. The predicted octanol–water partition coefficient (Wildman–Crippen LogP) is 0.579. The van der Waals surface area contributed by atoms with Crippen LogP contribution in [0.4, 0.5) is 0 Å². The first-order chi connectivity index (χ1) is 7.56. The molecular formula is C11H20N2O3. The topological polar surface area (TPSA) is 83.6 Å². The Morgan fingerprint density at radius 1 is 1.50 bits per heavy atom. The molecule has 1 heterocycles. The van der Waals surface area contributed by atoms with Crippen LogP contribution in [0.5, 0.6) is 0 Å². The summed E-state index contributed by atoms with van der Waals surface area (Å²) in [5, 5.41) is 9.02. The average Bonchev–Trinajstić information content (AvgIpc) is 2.28. The van der Waals surface area contributed by atoms with E-state index < -0.39 is 12.0 Å². The van der Waals surface area contributed by atoms with Gasteiger partial charge in [0.15, 0.2) is 0 Å². The average molecular weight is 228 g/mol. The van der Waals surface area contributed by atoms with Crippen LogP contribution in [-0.4, -0.2) is 40.5 Å². The van der Waals surface area contributed by atoms with E-state index in [4.69, 9.17) is 10.8 Å². The Hall–Kier alpha value is -1.10. The van der Waals surface area contributed by atoms with Crippen molar-refractivity contribution in [2.45, 2.75) is 51.1 Å². The molecule has 3 N–H and O–H groups in total. The number of nitrogens with two attached hydrogens (primary N) is 1. The summed E-state index contributed by atoms with van der Waals surface area (Å²) in [4.78, 5) is 24.3. The molecule has 5 nitrogen and oxygen atoms in total. The number of rotatable bonds is 4. The molecular weight excluding hydrogens is 208 g/mol. The first-order valence-electron chi connectivity index (χ1n) is 5.84. The molecule has 1 unspecified atom stereocenters. The van der Waals surface area contributed by atoms with Gasteiger partial charge in [0.1, 0.15) is 6.04 Å². The van der Waals surface area contributed by atoms with Crippen molar-refractivity contribution in [3.05, 3.63) is 0 Å². The van der Waals surface area contributed by atoms with E-state index in [9.17, 15) is 9.59 Å². The molecule has 1 aliphatic rings. The van der Waals surface area contributed by atoms with Crippen molar-refractivity contribution in [1.29, 1.82) is 0 Å². The van der Waals surface area contributed by atoms with Crippen LogP contribution in [0.15, 0.2) is 0 Å². The summed E-state index contributed by atoms with van der Waals surface area (Å²) in [5.74, 6) is -1.03. The van der Waals surface area contributed by atoms with Gasteiger partial charge in [-0.1, -0.05) is 6.92 Å². The molecule has 1 amide bonds. The number of aliphatic carboxylic acids is 1. The Labute approximate surface area is 95.6 Å². The molecule has 1 fully saturated rings. The molecule has 0 aromatic carbocycles. The second kappa shape index (κ2) is 5.84. The number of carboxylic acids is 1. The van der Waals surface area contributed by atoms with E-state index in [0.29, 0.717) is 13.0 Å².